The third kappa shape index (κ3) is 8.11. The van der Waals surface area contributed by atoms with Crippen LogP contribution in [0.4, 0.5) is 9.59 Å². The van der Waals surface area contributed by atoms with E-state index in [0.29, 0.717) is 25.3 Å². The highest BCUT2D eigenvalue weighted by molar-refractivity contribution is 5.87. The van der Waals surface area contributed by atoms with Crippen LogP contribution in [0.15, 0.2) is 66.9 Å². The maximum atomic E-state index is 13.6. The van der Waals surface area contributed by atoms with E-state index in [1.54, 1.807) is 22.9 Å². The molecule has 2 aromatic heterocycles. The van der Waals surface area contributed by atoms with Crippen LogP contribution in [0.1, 0.15) is 56.2 Å². The van der Waals surface area contributed by atoms with Crippen LogP contribution >= 0.6 is 0 Å². The molecule has 15 nitrogen and oxygen atoms in total. The molecule has 2 fully saturated rings. The zero-order valence-corrected chi connectivity index (χ0v) is 30.8. The second-order valence-corrected chi connectivity index (χ2v) is 13.5. The molecule has 2 aromatic carbocycles. The number of aromatic nitrogens is 3. The van der Waals surface area contributed by atoms with E-state index in [0.717, 1.165) is 58.6 Å². The Kier molecular flexibility index (Phi) is 12.0. The Balaban J connectivity index is 1.10. The Labute approximate surface area is 313 Å². The summed E-state index contributed by atoms with van der Waals surface area (Å²) in [6, 6.07) is 18.0. The van der Waals surface area contributed by atoms with Gasteiger partial charge in [0.2, 0.25) is 11.8 Å². The third-order valence-electron chi connectivity index (χ3n) is 10.3. The number of methoxy groups -OCH3 is 3. The number of hydrogen-bond acceptors (Lipinski definition) is 9. The summed E-state index contributed by atoms with van der Waals surface area (Å²) >= 11 is 0. The Morgan fingerprint density at radius 3 is 1.91 bits per heavy atom. The molecule has 2 saturated heterocycles. The van der Waals surface area contributed by atoms with Gasteiger partial charge in [-0.1, -0.05) is 48.5 Å². The average Bonchev–Trinajstić information content (AvgIpc) is 4.05. The van der Waals surface area contributed by atoms with E-state index in [1.165, 1.54) is 21.3 Å². The van der Waals surface area contributed by atoms with Gasteiger partial charge in [-0.3, -0.25) is 9.59 Å². The molecule has 286 valence electrons. The number of amides is 4. The molecule has 5 N–H and O–H groups in total. The van der Waals surface area contributed by atoms with Crippen LogP contribution < -0.4 is 10.6 Å². The standard InChI is InChI=1S/C39H47N7O8/c1-23(52-2)34(44-39(51)54-4)37(49)45-19-5-7-32(45)29-18-17-28(41-29)26-13-9-24(10-14-26)25-11-15-27(16-12-25)30-21-40-35(42-30)33-8-6-20-46(33)36(48)31(22-47)43-38(50)53-3/h9-18,21,23,31-34,41,47H,5-8,19-20,22H2,1-4H3,(H,40,42)(H,43,50)(H,44,51)/t23-,31+,32+,33+,34+/m1/s1. The summed E-state index contributed by atoms with van der Waals surface area (Å²) in [5, 5.41) is 14.8. The Bertz CT molecular complexity index is 1920. The molecule has 15 heteroatoms. The number of aromatic amines is 2. The van der Waals surface area contributed by atoms with E-state index in [1.807, 2.05) is 36.4 Å². The maximum Gasteiger partial charge on any atom is 0.407 e. The van der Waals surface area contributed by atoms with Crippen molar-refractivity contribution >= 4 is 24.0 Å². The molecule has 0 spiro atoms. The van der Waals surface area contributed by atoms with Crippen molar-refractivity contribution in [2.24, 2.45) is 0 Å². The first kappa shape index (κ1) is 38.1. The van der Waals surface area contributed by atoms with Gasteiger partial charge in [0.1, 0.15) is 17.9 Å². The highest BCUT2D eigenvalue weighted by Gasteiger charge is 2.38. The first-order valence-corrected chi connectivity index (χ1v) is 18.0. The first-order chi connectivity index (χ1) is 26.1. The summed E-state index contributed by atoms with van der Waals surface area (Å²) in [5.74, 6) is 0.0400. The molecule has 4 heterocycles. The lowest BCUT2D eigenvalue weighted by Crippen LogP contribution is -2.54. The van der Waals surface area contributed by atoms with Gasteiger partial charge in [0, 0.05) is 31.6 Å². The number of hydrogen-bond donors (Lipinski definition) is 5. The number of carbonyl (C=O) groups is 4. The average molecular weight is 742 g/mol. The lowest BCUT2D eigenvalue weighted by atomic mass is 10.0. The number of aliphatic hydroxyl groups excluding tert-OH is 1. The van der Waals surface area contributed by atoms with Crippen LogP contribution in [-0.4, -0.2) is 113 Å². The Morgan fingerprint density at radius 2 is 1.31 bits per heavy atom. The summed E-state index contributed by atoms with van der Waals surface area (Å²) in [6.45, 7) is 2.27. The normalized spacial score (nSPS) is 18.5. The minimum atomic E-state index is -1.10. The van der Waals surface area contributed by atoms with Gasteiger partial charge in [-0.05, 0) is 67.0 Å². The number of nitrogens with one attached hydrogen (secondary N) is 4. The van der Waals surface area contributed by atoms with Gasteiger partial charge in [-0.25, -0.2) is 14.6 Å². The van der Waals surface area contributed by atoms with Crippen LogP contribution in [0.3, 0.4) is 0 Å². The van der Waals surface area contributed by atoms with Gasteiger partial charge >= 0.3 is 12.2 Å². The molecule has 2 aliphatic rings. The number of ether oxygens (including phenoxy) is 3. The van der Waals surface area contributed by atoms with E-state index < -0.39 is 37.0 Å². The molecule has 4 aromatic rings. The van der Waals surface area contributed by atoms with Gasteiger partial charge in [-0.15, -0.1) is 0 Å². The highest BCUT2D eigenvalue weighted by Crippen LogP contribution is 2.35. The molecule has 54 heavy (non-hydrogen) atoms. The molecule has 0 radical (unpaired) electrons. The predicted molar refractivity (Wildman–Crippen MR) is 199 cm³/mol. The summed E-state index contributed by atoms with van der Waals surface area (Å²) in [6.07, 6.45) is 2.86. The molecule has 0 unspecified atom stereocenters. The van der Waals surface area contributed by atoms with Crippen molar-refractivity contribution in [3.05, 3.63) is 78.4 Å². The van der Waals surface area contributed by atoms with Gasteiger partial charge in [-0.2, -0.15) is 0 Å². The first-order valence-electron chi connectivity index (χ1n) is 18.0. The summed E-state index contributed by atoms with van der Waals surface area (Å²) in [4.78, 5) is 65.3. The van der Waals surface area contributed by atoms with E-state index >= 15 is 0 Å². The fraction of sp³-hybridized carbons (Fsp3) is 0.410. The lowest BCUT2D eigenvalue weighted by Gasteiger charge is -2.31. The highest BCUT2D eigenvalue weighted by atomic mass is 16.5. The predicted octanol–water partition coefficient (Wildman–Crippen LogP) is 4.54. The number of H-pyrrole nitrogens is 2. The van der Waals surface area contributed by atoms with Crippen LogP contribution in [-0.2, 0) is 23.8 Å². The smallest absolute Gasteiger partial charge is 0.407 e. The second kappa shape index (κ2) is 17.0. The van der Waals surface area contributed by atoms with Crippen molar-refractivity contribution in [3.63, 3.8) is 0 Å². The summed E-state index contributed by atoms with van der Waals surface area (Å²) < 4.78 is 14.7. The summed E-state index contributed by atoms with van der Waals surface area (Å²) in [7, 11) is 3.97. The number of rotatable bonds is 12. The number of nitrogens with zero attached hydrogens (tertiary/aromatic N) is 3. The number of imidazole rings is 1. The van der Waals surface area contributed by atoms with E-state index in [9.17, 15) is 24.3 Å². The number of aliphatic hydroxyl groups is 1. The maximum absolute atomic E-state index is 13.6. The largest absolute Gasteiger partial charge is 0.453 e. The monoisotopic (exact) mass is 741 g/mol. The molecule has 2 aliphatic heterocycles. The lowest BCUT2D eigenvalue weighted by molar-refractivity contribution is -0.137. The van der Waals surface area contributed by atoms with E-state index in [4.69, 9.17) is 9.47 Å². The minimum Gasteiger partial charge on any atom is -0.453 e. The van der Waals surface area contributed by atoms with Gasteiger partial charge in [0.15, 0.2) is 0 Å². The van der Waals surface area contributed by atoms with Crippen LogP contribution in [0.2, 0.25) is 0 Å². The van der Waals surface area contributed by atoms with Crippen molar-refractivity contribution in [3.8, 4) is 33.6 Å². The summed E-state index contributed by atoms with van der Waals surface area (Å²) in [5.41, 5.74) is 6.70. The van der Waals surface area contributed by atoms with Gasteiger partial charge in [0.25, 0.3) is 0 Å². The van der Waals surface area contributed by atoms with Crippen molar-refractivity contribution in [1.29, 1.82) is 0 Å². The molecular weight excluding hydrogens is 694 g/mol. The minimum absolute atomic E-state index is 0.158. The molecule has 0 saturated carbocycles. The second-order valence-electron chi connectivity index (χ2n) is 13.5. The van der Waals surface area contributed by atoms with Gasteiger partial charge in [0.05, 0.1) is 50.9 Å². The molecule has 0 aliphatic carbocycles. The number of benzene rings is 2. The molecule has 6 rings (SSSR count). The zero-order chi connectivity index (χ0) is 38.4. The van der Waals surface area contributed by atoms with Gasteiger partial charge < -0.3 is 49.7 Å². The Morgan fingerprint density at radius 1 is 0.759 bits per heavy atom. The van der Waals surface area contributed by atoms with Crippen LogP contribution in [0.5, 0.6) is 0 Å². The fourth-order valence-corrected chi connectivity index (χ4v) is 7.25. The van der Waals surface area contributed by atoms with Crippen molar-refractivity contribution in [2.45, 2.75) is 62.9 Å². The molecule has 5 atom stereocenters. The zero-order valence-electron chi connectivity index (χ0n) is 30.8. The molecule has 4 amide bonds. The van der Waals surface area contributed by atoms with E-state index in [2.05, 4.69) is 54.6 Å². The Hall–Kier alpha value is -5.67. The van der Waals surface area contributed by atoms with Crippen molar-refractivity contribution < 1.29 is 38.5 Å². The fourth-order valence-electron chi connectivity index (χ4n) is 7.25. The topological polar surface area (TPSA) is 191 Å². The number of likely N-dealkylation sites (tertiary alicyclic amines) is 2. The quantitative estimate of drug-likeness (QED) is 0.139. The van der Waals surface area contributed by atoms with Crippen LogP contribution in [0.25, 0.3) is 33.6 Å². The van der Waals surface area contributed by atoms with Crippen LogP contribution in [0, 0.1) is 0 Å². The van der Waals surface area contributed by atoms with E-state index in [-0.39, 0.29) is 23.9 Å². The van der Waals surface area contributed by atoms with Crippen molar-refractivity contribution in [1.82, 2.24) is 35.4 Å². The third-order valence-corrected chi connectivity index (χ3v) is 10.3. The molecular formula is C39H47N7O8. The molecule has 0 bridgehead atoms. The number of carbonyl (C=O) groups excluding carboxylic acids is 4. The number of alkyl carbamates (subject to hydrolysis) is 2. The van der Waals surface area contributed by atoms with Crippen molar-refractivity contribution in [2.75, 3.05) is 41.0 Å². The SMILES string of the molecule is COC(=O)N[C@@H](CO)C(=O)N1CCC[C@H]1c1ncc(-c2ccc(-c3ccc(-c4ccc([C@@H]5CCCN5C(=O)[C@@H](NC(=O)OC)[C@@H](C)OC)[nH]4)cc3)cc2)[nH]1.